The van der Waals surface area contributed by atoms with E-state index < -0.39 is 38.7 Å². The van der Waals surface area contributed by atoms with Gasteiger partial charge in [-0.15, -0.1) is 0 Å². The molecule has 2 aromatic heterocycles. The van der Waals surface area contributed by atoms with E-state index in [0.717, 1.165) is 16.8 Å². The Morgan fingerprint density at radius 2 is 1.35 bits per heavy atom. The molecule has 12 nitrogen and oxygen atoms in total. The first-order chi connectivity index (χ1) is 14.0. The molecule has 1 fully saturated rings. The molecule has 1 saturated heterocycles. The lowest BCUT2D eigenvalue weighted by Gasteiger charge is -2.32. The number of aromatic nitrogens is 4. The first-order valence-electron chi connectivity index (χ1n) is 9.28. The zero-order valence-electron chi connectivity index (χ0n) is 18.9. The van der Waals surface area contributed by atoms with Crippen LogP contribution in [-0.4, -0.2) is 90.3 Å². The first kappa shape index (κ1) is 25.5. The maximum absolute atomic E-state index is 12.0. The molecule has 0 aromatic carbocycles. The fraction of sp³-hybridized carbons (Fsp3) is 0.625. The lowest BCUT2D eigenvalue weighted by Crippen LogP contribution is -2.41. The van der Waals surface area contributed by atoms with Gasteiger partial charge in [0.25, 0.3) is 0 Å². The molecule has 0 N–H and O–H groups in total. The molecule has 0 unspecified atom stereocenters. The zero-order valence-corrected chi connectivity index (χ0v) is 20.5. The molecule has 15 heteroatoms. The second-order valence-electron chi connectivity index (χ2n) is 8.19. The maximum atomic E-state index is 12.0. The van der Waals surface area contributed by atoms with Crippen LogP contribution in [0.4, 0.5) is 0 Å². The summed E-state index contributed by atoms with van der Waals surface area (Å²) in [7, 11) is -1.82. The van der Waals surface area contributed by atoms with Crippen LogP contribution in [0, 0.1) is 0 Å². The van der Waals surface area contributed by atoms with Crippen molar-refractivity contribution in [3.05, 3.63) is 30.9 Å². The summed E-state index contributed by atoms with van der Waals surface area (Å²) in [5, 5.41) is 7.47. The molecule has 0 saturated carbocycles. The van der Waals surface area contributed by atoms with Gasteiger partial charge in [-0.2, -0.15) is 43.8 Å². The first-order valence-corrected chi connectivity index (χ1v) is 12.1. The third-order valence-corrected chi connectivity index (χ3v) is 8.19. The Bertz CT molecular complexity index is 1080. The maximum Gasteiger partial charge on any atom is 0.498 e. The normalized spacial score (nSPS) is 18.3. The molecule has 1 aliphatic heterocycles. The summed E-state index contributed by atoms with van der Waals surface area (Å²) >= 11 is 0. The minimum atomic E-state index is -3.62. The average Bonchev–Trinajstić information content (AvgIpc) is 3.36. The quantitative estimate of drug-likeness (QED) is 0.522. The van der Waals surface area contributed by atoms with Crippen molar-refractivity contribution in [3.8, 4) is 0 Å². The average molecular weight is 476 g/mol. The van der Waals surface area contributed by atoms with E-state index in [0.29, 0.717) is 5.46 Å². The van der Waals surface area contributed by atoms with Crippen molar-refractivity contribution in [2.45, 2.75) is 38.9 Å². The molecule has 174 valence electrons. The van der Waals surface area contributed by atoms with E-state index in [4.69, 9.17) is 9.31 Å². The summed E-state index contributed by atoms with van der Waals surface area (Å²) in [4.78, 5) is 0. The number of hydrogen-bond donors (Lipinski definition) is 0. The molecule has 2 aromatic rings. The summed E-state index contributed by atoms with van der Waals surface area (Å²) < 4.78 is 62.1. The van der Waals surface area contributed by atoms with E-state index in [1.54, 1.807) is 6.07 Å². The lowest BCUT2D eigenvalue weighted by atomic mass is 9.82. The van der Waals surface area contributed by atoms with Crippen molar-refractivity contribution in [1.29, 1.82) is 0 Å². The van der Waals surface area contributed by atoms with Crippen molar-refractivity contribution >= 4 is 33.0 Å². The van der Waals surface area contributed by atoms with Crippen molar-refractivity contribution < 1.29 is 26.1 Å². The highest BCUT2D eigenvalue weighted by molar-refractivity contribution is 7.87. The Hall–Kier alpha value is -1.78. The van der Waals surface area contributed by atoms with Crippen LogP contribution in [0.1, 0.15) is 27.7 Å². The lowest BCUT2D eigenvalue weighted by molar-refractivity contribution is 0.00578. The molecule has 0 bridgehead atoms. The van der Waals surface area contributed by atoms with E-state index in [2.05, 4.69) is 10.2 Å². The van der Waals surface area contributed by atoms with Gasteiger partial charge in [0.2, 0.25) is 0 Å². The summed E-state index contributed by atoms with van der Waals surface area (Å²) in [5.41, 5.74) is -0.366. The predicted molar refractivity (Wildman–Crippen MR) is 116 cm³/mol. The van der Waals surface area contributed by atoms with Gasteiger partial charge in [0.15, 0.2) is 0 Å². The molecule has 0 aliphatic carbocycles. The van der Waals surface area contributed by atoms with Crippen molar-refractivity contribution in [3.63, 3.8) is 0 Å². The van der Waals surface area contributed by atoms with Gasteiger partial charge in [-0.3, -0.25) is 0 Å². The van der Waals surface area contributed by atoms with Crippen molar-refractivity contribution in [2.75, 3.05) is 28.2 Å². The third kappa shape index (κ3) is 5.18. The molecular formula is C16H29BN6O6S2. The standard InChI is InChI=1S/C11H20BN3O4S.C5H9N3O2S/c1-10(2)11(3,4)19-12(18-10)9-7-13-15(8-9)20(16,17)14(5)6;1-7(2)11(9,10)8-5-3-4-6-8/h7-8H,1-6H3;3-5H,1-2H3. The van der Waals surface area contributed by atoms with Gasteiger partial charge < -0.3 is 9.31 Å². The largest absolute Gasteiger partial charge is 0.498 e. The number of rotatable bonds is 5. The van der Waals surface area contributed by atoms with Crippen LogP contribution in [0.5, 0.6) is 0 Å². The highest BCUT2D eigenvalue weighted by atomic mass is 32.2. The van der Waals surface area contributed by atoms with Gasteiger partial charge in [-0.05, 0) is 33.8 Å². The summed E-state index contributed by atoms with van der Waals surface area (Å²) in [6.45, 7) is 7.75. The highest BCUT2D eigenvalue weighted by Crippen LogP contribution is 2.36. The van der Waals surface area contributed by atoms with Crippen LogP contribution < -0.4 is 5.46 Å². The minimum Gasteiger partial charge on any atom is -0.399 e. The smallest absolute Gasteiger partial charge is 0.399 e. The molecule has 1 aliphatic rings. The second-order valence-corrected chi connectivity index (χ2v) is 12.2. The monoisotopic (exact) mass is 476 g/mol. The van der Waals surface area contributed by atoms with Gasteiger partial charge in [-0.25, -0.2) is 0 Å². The fourth-order valence-corrected chi connectivity index (χ4v) is 3.76. The zero-order chi connectivity index (χ0) is 23.8. The molecule has 3 rings (SSSR count). The summed E-state index contributed by atoms with van der Waals surface area (Å²) in [5.74, 6) is 0. The van der Waals surface area contributed by atoms with Gasteiger partial charge in [0.05, 0.1) is 23.6 Å². The third-order valence-electron chi connectivity index (χ3n) is 4.98. The van der Waals surface area contributed by atoms with Crippen molar-refractivity contribution in [2.24, 2.45) is 0 Å². The highest BCUT2D eigenvalue weighted by Gasteiger charge is 2.52. The van der Waals surface area contributed by atoms with Crippen LogP contribution in [0.3, 0.4) is 0 Å². The topological polar surface area (TPSA) is 129 Å². The molecule has 0 amide bonds. The van der Waals surface area contributed by atoms with E-state index in [-0.39, 0.29) is 0 Å². The molecule has 31 heavy (non-hydrogen) atoms. The van der Waals surface area contributed by atoms with Crippen LogP contribution >= 0.6 is 0 Å². The minimum absolute atomic E-state index is 0.472. The SMILES string of the molecule is CN(C)S(=O)(=O)n1cc(B2OC(C)(C)C(C)(C)O2)cn1.CN(C)S(=O)(=O)n1cccn1. The fourth-order valence-electron chi connectivity index (χ4n) is 2.27. The van der Waals surface area contributed by atoms with Crippen LogP contribution in [-0.2, 0) is 29.7 Å². The Morgan fingerprint density at radius 3 is 1.77 bits per heavy atom. The van der Waals surface area contributed by atoms with Gasteiger partial charge in [0, 0.05) is 46.0 Å². The predicted octanol–water partition coefficient (Wildman–Crippen LogP) is -0.626. The van der Waals surface area contributed by atoms with E-state index in [1.165, 1.54) is 53.0 Å². The Labute approximate surface area is 184 Å². The summed E-state index contributed by atoms with van der Waals surface area (Å²) in [6.07, 6.45) is 5.66. The molecule has 0 spiro atoms. The second kappa shape index (κ2) is 8.63. The number of nitrogens with zero attached hydrogens (tertiary/aromatic N) is 6. The van der Waals surface area contributed by atoms with E-state index in [1.807, 2.05) is 27.7 Å². The van der Waals surface area contributed by atoms with Crippen LogP contribution in [0.2, 0.25) is 0 Å². The van der Waals surface area contributed by atoms with Gasteiger partial charge in [-0.1, -0.05) is 0 Å². The Kier molecular flexibility index (Phi) is 7.10. The molecular weight excluding hydrogens is 447 g/mol. The number of hydrogen-bond acceptors (Lipinski definition) is 8. The van der Waals surface area contributed by atoms with Gasteiger partial charge >= 0.3 is 27.5 Å². The summed E-state index contributed by atoms with van der Waals surface area (Å²) in [6, 6.07) is 1.56. The Morgan fingerprint density at radius 1 is 0.871 bits per heavy atom. The molecule has 0 radical (unpaired) electrons. The Balaban J connectivity index is 0.000000262. The van der Waals surface area contributed by atoms with E-state index >= 15 is 0 Å². The molecule has 0 atom stereocenters. The van der Waals surface area contributed by atoms with Crippen molar-refractivity contribution in [1.82, 2.24) is 27.0 Å². The molecule has 3 heterocycles. The van der Waals surface area contributed by atoms with Crippen LogP contribution in [0.15, 0.2) is 30.9 Å². The van der Waals surface area contributed by atoms with Gasteiger partial charge in [0.1, 0.15) is 0 Å². The van der Waals surface area contributed by atoms with E-state index in [9.17, 15) is 16.8 Å². The van der Waals surface area contributed by atoms with Crippen LogP contribution in [0.25, 0.3) is 0 Å².